The molecular weight excluding hydrogens is 230 g/mol. The summed E-state index contributed by atoms with van der Waals surface area (Å²) in [5.41, 5.74) is 1.60. The van der Waals surface area contributed by atoms with E-state index in [1.165, 1.54) is 0 Å². The number of imidazole rings is 1. The lowest BCUT2D eigenvalue weighted by molar-refractivity contribution is 0.0693. The second-order valence-electron chi connectivity index (χ2n) is 5.36. The summed E-state index contributed by atoms with van der Waals surface area (Å²) >= 11 is 0. The van der Waals surface area contributed by atoms with Gasteiger partial charge in [0, 0.05) is 11.7 Å². The Morgan fingerprint density at radius 1 is 1.39 bits per heavy atom. The van der Waals surface area contributed by atoms with Crippen molar-refractivity contribution in [3.05, 3.63) is 29.8 Å². The van der Waals surface area contributed by atoms with Crippen molar-refractivity contribution in [3.63, 3.8) is 0 Å². The lowest BCUT2D eigenvalue weighted by Crippen LogP contribution is -2.26. The number of nitrogens with one attached hydrogen (secondary N) is 1. The zero-order chi connectivity index (χ0) is 13.5. The molecule has 2 N–H and O–H groups in total. The van der Waals surface area contributed by atoms with Gasteiger partial charge < -0.3 is 14.8 Å². The number of aryl methyl sites for hydroxylation is 1. The Morgan fingerprint density at radius 2 is 2.06 bits per heavy atom. The highest BCUT2D eigenvalue weighted by atomic mass is 16.4. The van der Waals surface area contributed by atoms with Crippen molar-refractivity contribution in [1.82, 2.24) is 9.38 Å². The van der Waals surface area contributed by atoms with E-state index in [1.54, 1.807) is 17.4 Å². The van der Waals surface area contributed by atoms with Crippen LogP contribution in [0.4, 0.5) is 5.69 Å². The smallest absolute Gasteiger partial charge is 0.356 e. The number of fused-ring (bicyclic) bond motifs is 1. The molecule has 5 nitrogen and oxygen atoms in total. The Balaban J connectivity index is 2.53. The van der Waals surface area contributed by atoms with E-state index >= 15 is 0 Å². The first-order chi connectivity index (χ1) is 8.28. The fourth-order valence-corrected chi connectivity index (χ4v) is 1.90. The molecule has 5 heteroatoms. The minimum atomic E-state index is -1.00. The van der Waals surface area contributed by atoms with E-state index in [0.29, 0.717) is 11.3 Å². The van der Waals surface area contributed by atoms with Gasteiger partial charge in [-0.05, 0) is 39.8 Å². The van der Waals surface area contributed by atoms with Crippen molar-refractivity contribution >= 4 is 17.2 Å². The summed E-state index contributed by atoms with van der Waals surface area (Å²) in [7, 11) is 0. The predicted molar refractivity (Wildman–Crippen MR) is 70.3 cm³/mol. The maximum Gasteiger partial charge on any atom is 0.356 e. The van der Waals surface area contributed by atoms with E-state index in [1.807, 2.05) is 12.3 Å². The molecule has 0 bridgehead atoms. The van der Waals surface area contributed by atoms with Gasteiger partial charge in [0.25, 0.3) is 0 Å². The molecule has 0 radical (unpaired) electrons. The van der Waals surface area contributed by atoms with Gasteiger partial charge in [-0.2, -0.15) is 0 Å². The first-order valence-corrected chi connectivity index (χ1v) is 5.78. The third kappa shape index (κ3) is 2.30. The van der Waals surface area contributed by atoms with Crippen LogP contribution in [0.3, 0.4) is 0 Å². The van der Waals surface area contributed by atoms with Crippen molar-refractivity contribution in [2.24, 2.45) is 0 Å². The van der Waals surface area contributed by atoms with E-state index in [2.05, 4.69) is 31.1 Å². The third-order valence-electron chi connectivity index (χ3n) is 2.54. The molecule has 0 saturated carbocycles. The van der Waals surface area contributed by atoms with Crippen LogP contribution >= 0.6 is 0 Å². The van der Waals surface area contributed by atoms with Crippen LogP contribution in [0.1, 0.15) is 37.1 Å². The fraction of sp³-hybridized carbons (Fsp3) is 0.385. The molecule has 0 fully saturated rings. The molecule has 0 aliphatic carbocycles. The molecule has 0 aliphatic heterocycles. The maximum absolute atomic E-state index is 11.1. The standard InChI is InChI=1S/C13H17N3O2/c1-8-14-11(12(17)18)10-6-5-9(7-16(8)10)15-13(2,3)4/h5-7,15H,1-4H3,(H,17,18). The summed E-state index contributed by atoms with van der Waals surface area (Å²) in [5, 5.41) is 12.4. The van der Waals surface area contributed by atoms with Crippen LogP contribution in [-0.2, 0) is 0 Å². The van der Waals surface area contributed by atoms with Crippen molar-refractivity contribution in [2.75, 3.05) is 5.32 Å². The van der Waals surface area contributed by atoms with Gasteiger partial charge >= 0.3 is 5.97 Å². The first kappa shape index (κ1) is 12.4. The summed E-state index contributed by atoms with van der Waals surface area (Å²) < 4.78 is 1.79. The van der Waals surface area contributed by atoms with Crippen LogP contribution in [0, 0.1) is 6.92 Å². The zero-order valence-electron chi connectivity index (χ0n) is 11.0. The van der Waals surface area contributed by atoms with Gasteiger partial charge in [0.2, 0.25) is 0 Å². The number of rotatable bonds is 2. The topological polar surface area (TPSA) is 66.6 Å². The fourth-order valence-electron chi connectivity index (χ4n) is 1.90. The minimum absolute atomic E-state index is 0.0439. The Labute approximate surface area is 105 Å². The summed E-state index contributed by atoms with van der Waals surface area (Å²) in [5.74, 6) is -0.336. The predicted octanol–water partition coefficient (Wildman–Crippen LogP) is 2.55. The molecular formula is C13H17N3O2. The molecule has 0 spiro atoms. The number of nitrogens with zero attached hydrogens (tertiary/aromatic N) is 2. The average molecular weight is 247 g/mol. The summed E-state index contributed by atoms with van der Waals surface area (Å²) in [4.78, 5) is 15.1. The van der Waals surface area contributed by atoms with Crippen LogP contribution in [0.25, 0.3) is 5.52 Å². The van der Waals surface area contributed by atoms with E-state index in [9.17, 15) is 4.79 Å². The van der Waals surface area contributed by atoms with Crippen LogP contribution in [0.15, 0.2) is 18.3 Å². The molecule has 2 heterocycles. The van der Waals surface area contributed by atoms with Gasteiger partial charge in [-0.1, -0.05) is 0 Å². The molecule has 2 rings (SSSR count). The highest BCUT2D eigenvalue weighted by molar-refractivity contribution is 5.93. The molecule has 0 saturated heterocycles. The number of hydrogen-bond acceptors (Lipinski definition) is 3. The SMILES string of the molecule is Cc1nc(C(=O)O)c2ccc(NC(C)(C)C)cn12. The Morgan fingerprint density at radius 3 is 2.61 bits per heavy atom. The number of carboxylic acid groups (broad SMARTS) is 1. The highest BCUT2D eigenvalue weighted by Gasteiger charge is 2.16. The van der Waals surface area contributed by atoms with Crippen LogP contribution in [0.5, 0.6) is 0 Å². The normalized spacial score (nSPS) is 11.8. The number of aromatic nitrogens is 2. The van der Waals surface area contributed by atoms with Crippen LogP contribution in [-0.4, -0.2) is 26.0 Å². The number of pyridine rings is 1. The molecule has 2 aromatic heterocycles. The van der Waals surface area contributed by atoms with Gasteiger partial charge in [0.1, 0.15) is 5.82 Å². The van der Waals surface area contributed by atoms with Crippen molar-refractivity contribution in [1.29, 1.82) is 0 Å². The van der Waals surface area contributed by atoms with Gasteiger partial charge in [0.05, 0.1) is 11.2 Å². The molecule has 0 unspecified atom stereocenters. The average Bonchev–Trinajstić information content (AvgIpc) is 2.54. The molecule has 2 aromatic rings. The van der Waals surface area contributed by atoms with Crippen LogP contribution < -0.4 is 5.32 Å². The molecule has 96 valence electrons. The number of carbonyl (C=O) groups is 1. The number of carboxylic acids is 1. The first-order valence-electron chi connectivity index (χ1n) is 5.78. The van der Waals surface area contributed by atoms with E-state index in [4.69, 9.17) is 5.11 Å². The minimum Gasteiger partial charge on any atom is -0.476 e. The summed E-state index contributed by atoms with van der Waals surface area (Å²) in [6.45, 7) is 8.00. The molecule has 0 aromatic carbocycles. The molecule has 18 heavy (non-hydrogen) atoms. The lowest BCUT2D eigenvalue weighted by atomic mass is 10.1. The monoisotopic (exact) mass is 247 g/mol. The zero-order valence-corrected chi connectivity index (χ0v) is 11.0. The van der Waals surface area contributed by atoms with Crippen molar-refractivity contribution < 1.29 is 9.90 Å². The second kappa shape index (κ2) is 4.01. The van der Waals surface area contributed by atoms with Gasteiger partial charge in [0.15, 0.2) is 5.69 Å². The maximum atomic E-state index is 11.1. The largest absolute Gasteiger partial charge is 0.476 e. The Kier molecular flexibility index (Phi) is 2.77. The van der Waals surface area contributed by atoms with Gasteiger partial charge in [-0.15, -0.1) is 0 Å². The van der Waals surface area contributed by atoms with E-state index in [-0.39, 0.29) is 11.2 Å². The molecule has 0 atom stereocenters. The molecule has 0 amide bonds. The van der Waals surface area contributed by atoms with Crippen molar-refractivity contribution in [2.45, 2.75) is 33.2 Å². The third-order valence-corrected chi connectivity index (χ3v) is 2.54. The lowest BCUT2D eigenvalue weighted by Gasteiger charge is -2.22. The van der Waals surface area contributed by atoms with E-state index < -0.39 is 5.97 Å². The highest BCUT2D eigenvalue weighted by Crippen LogP contribution is 2.19. The second-order valence-corrected chi connectivity index (χ2v) is 5.36. The van der Waals surface area contributed by atoms with Gasteiger partial charge in [-0.3, -0.25) is 0 Å². The quantitative estimate of drug-likeness (QED) is 0.855. The number of anilines is 1. The van der Waals surface area contributed by atoms with Gasteiger partial charge in [-0.25, -0.2) is 9.78 Å². The van der Waals surface area contributed by atoms with E-state index in [0.717, 1.165) is 5.69 Å². The summed E-state index contributed by atoms with van der Waals surface area (Å²) in [6, 6.07) is 3.64. The Hall–Kier alpha value is -2.04. The Bertz CT molecular complexity index is 608. The number of hydrogen-bond donors (Lipinski definition) is 2. The van der Waals surface area contributed by atoms with Crippen LogP contribution in [0.2, 0.25) is 0 Å². The van der Waals surface area contributed by atoms with Crippen molar-refractivity contribution in [3.8, 4) is 0 Å². The molecule has 0 aliphatic rings. The summed E-state index contributed by atoms with van der Waals surface area (Å²) in [6.07, 6.45) is 1.87. The number of aromatic carboxylic acids is 1.